The van der Waals surface area contributed by atoms with Crippen molar-refractivity contribution >= 4 is 12.1 Å². The van der Waals surface area contributed by atoms with E-state index >= 15 is 0 Å². The highest BCUT2D eigenvalue weighted by Gasteiger charge is 2.01. The van der Waals surface area contributed by atoms with E-state index in [2.05, 4.69) is 9.47 Å². The topological polar surface area (TPSA) is 52.6 Å². The Morgan fingerprint density at radius 2 is 1.71 bits per heavy atom. The third-order valence-corrected chi connectivity index (χ3v) is 1.90. The molecule has 1 aromatic carbocycles. The second-order valence-electron chi connectivity index (χ2n) is 3.03. The molecule has 0 aliphatic carbocycles. The van der Waals surface area contributed by atoms with Gasteiger partial charge in [-0.2, -0.15) is 0 Å². The van der Waals surface area contributed by atoms with Crippen LogP contribution in [0, 0.1) is 5.82 Å². The van der Waals surface area contributed by atoms with Gasteiger partial charge in [0.05, 0.1) is 0 Å². The Balaban J connectivity index is 0.000000366. The van der Waals surface area contributed by atoms with Crippen molar-refractivity contribution in [2.75, 3.05) is 14.2 Å². The Morgan fingerprint density at radius 1 is 1.24 bits per heavy atom. The minimum absolute atomic E-state index is 0.0648. The van der Waals surface area contributed by atoms with Crippen LogP contribution in [-0.2, 0) is 14.3 Å². The number of ether oxygens (including phenoxy) is 2. The maximum atomic E-state index is 12.3. The molecule has 4 nitrogen and oxygen atoms in total. The molecular formula is C12H15FO4. The molecule has 0 radical (unpaired) electrons. The highest BCUT2D eigenvalue weighted by atomic mass is 19.1. The lowest BCUT2D eigenvalue weighted by Gasteiger charge is -2.03. The zero-order valence-corrected chi connectivity index (χ0v) is 9.98. The fourth-order valence-electron chi connectivity index (χ4n) is 0.778. The Bertz CT molecular complexity index is 344. The van der Waals surface area contributed by atoms with E-state index in [4.69, 9.17) is 0 Å². The Morgan fingerprint density at radius 3 is 2.00 bits per heavy atom. The number of rotatable bonds is 4. The molecule has 1 aromatic rings. The molecule has 1 rings (SSSR count). The van der Waals surface area contributed by atoms with Gasteiger partial charge in [-0.25, -0.2) is 4.39 Å². The van der Waals surface area contributed by atoms with Crippen molar-refractivity contribution in [3.63, 3.8) is 0 Å². The second kappa shape index (κ2) is 8.55. The summed E-state index contributed by atoms with van der Waals surface area (Å²) in [5.74, 6) is -1.06. The summed E-state index contributed by atoms with van der Waals surface area (Å²) in [6.07, 6.45) is 0.137. The molecule has 0 aliphatic rings. The van der Waals surface area contributed by atoms with Gasteiger partial charge in [0.25, 0.3) is 0 Å². The van der Waals surface area contributed by atoms with Gasteiger partial charge in [0.1, 0.15) is 5.82 Å². The van der Waals surface area contributed by atoms with Crippen LogP contribution in [0.1, 0.15) is 17.3 Å². The SMILES string of the molecule is COC(C)OC.O=CC(=O)c1ccc(F)cc1. The van der Waals surface area contributed by atoms with Gasteiger partial charge in [-0.1, -0.05) is 0 Å². The van der Waals surface area contributed by atoms with Crippen molar-refractivity contribution in [1.29, 1.82) is 0 Å². The lowest BCUT2D eigenvalue weighted by molar-refractivity contribution is -0.104. The van der Waals surface area contributed by atoms with Crippen molar-refractivity contribution < 1.29 is 23.5 Å². The first kappa shape index (κ1) is 15.4. The molecule has 0 spiro atoms. The number of hydrogen-bond acceptors (Lipinski definition) is 4. The van der Waals surface area contributed by atoms with Crippen LogP contribution in [0.4, 0.5) is 4.39 Å². The monoisotopic (exact) mass is 242 g/mol. The average molecular weight is 242 g/mol. The van der Waals surface area contributed by atoms with Crippen LogP contribution < -0.4 is 0 Å². The number of benzene rings is 1. The third-order valence-electron chi connectivity index (χ3n) is 1.90. The lowest BCUT2D eigenvalue weighted by atomic mass is 10.1. The molecule has 0 saturated heterocycles. The van der Waals surface area contributed by atoms with Gasteiger partial charge in [-0.05, 0) is 31.2 Å². The molecule has 0 fully saturated rings. The fraction of sp³-hybridized carbons (Fsp3) is 0.333. The molecule has 0 unspecified atom stereocenters. The molecule has 94 valence electrons. The maximum Gasteiger partial charge on any atom is 0.225 e. The summed E-state index contributed by atoms with van der Waals surface area (Å²) < 4.78 is 21.6. The molecule has 0 aromatic heterocycles. The summed E-state index contributed by atoms with van der Waals surface area (Å²) in [6, 6.07) is 4.81. The molecular weight excluding hydrogens is 227 g/mol. The lowest BCUT2D eigenvalue weighted by Crippen LogP contribution is -2.05. The van der Waals surface area contributed by atoms with Crippen molar-refractivity contribution in [3.8, 4) is 0 Å². The quantitative estimate of drug-likeness (QED) is 0.350. The van der Waals surface area contributed by atoms with Gasteiger partial charge >= 0.3 is 0 Å². The normalized spacial score (nSPS) is 9.47. The van der Waals surface area contributed by atoms with Gasteiger partial charge < -0.3 is 9.47 Å². The van der Waals surface area contributed by atoms with Crippen LogP contribution in [0.3, 0.4) is 0 Å². The second-order valence-corrected chi connectivity index (χ2v) is 3.03. The molecule has 5 heteroatoms. The van der Waals surface area contributed by atoms with Gasteiger partial charge in [-0.3, -0.25) is 9.59 Å². The summed E-state index contributed by atoms with van der Waals surface area (Å²) >= 11 is 0. The molecule has 0 saturated carbocycles. The van der Waals surface area contributed by atoms with Gasteiger partial charge in [0.2, 0.25) is 5.78 Å². The number of hydrogen-bond donors (Lipinski definition) is 0. The van der Waals surface area contributed by atoms with Gasteiger partial charge in [-0.15, -0.1) is 0 Å². The van der Waals surface area contributed by atoms with E-state index in [1.165, 1.54) is 12.1 Å². The van der Waals surface area contributed by atoms with Gasteiger partial charge in [0.15, 0.2) is 12.6 Å². The number of Topliss-reactive ketones (excluding diaryl/α,β-unsaturated/α-hetero) is 1. The average Bonchev–Trinajstić information content (AvgIpc) is 2.38. The van der Waals surface area contributed by atoms with E-state index in [0.29, 0.717) is 0 Å². The smallest absolute Gasteiger partial charge is 0.225 e. The third kappa shape index (κ3) is 6.55. The van der Waals surface area contributed by atoms with Crippen LogP contribution in [-0.4, -0.2) is 32.6 Å². The van der Waals surface area contributed by atoms with Crippen LogP contribution in [0.5, 0.6) is 0 Å². The Kier molecular flexibility index (Phi) is 7.75. The van der Waals surface area contributed by atoms with Crippen molar-refractivity contribution in [2.45, 2.75) is 13.2 Å². The predicted molar refractivity (Wildman–Crippen MR) is 60.3 cm³/mol. The molecule has 17 heavy (non-hydrogen) atoms. The van der Waals surface area contributed by atoms with E-state index in [1.54, 1.807) is 14.2 Å². The zero-order valence-electron chi connectivity index (χ0n) is 9.98. The first-order chi connectivity index (χ1) is 8.04. The highest BCUT2D eigenvalue weighted by Crippen LogP contribution is 2.01. The number of halogens is 1. The molecule has 0 bridgehead atoms. The van der Waals surface area contributed by atoms with Crippen molar-refractivity contribution in [2.24, 2.45) is 0 Å². The predicted octanol–water partition coefficient (Wildman–Crippen LogP) is 1.83. The van der Waals surface area contributed by atoms with E-state index < -0.39 is 11.6 Å². The molecule has 0 atom stereocenters. The summed E-state index contributed by atoms with van der Waals surface area (Å²) in [5.41, 5.74) is 0.210. The van der Waals surface area contributed by atoms with Crippen LogP contribution >= 0.6 is 0 Å². The summed E-state index contributed by atoms with van der Waals surface area (Å²) in [5, 5.41) is 0. The van der Waals surface area contributed by atoms with E-state index in [9.17, 15) is 14.0 Å². The number of methoxy groups -OCH3 is 2. The molecule has 0 aliphatic heterocycles. The molecule has 0 amide bonds. The first-order valence-electron chi connectivity index (χ1n) is 4.85. The minimum Gasteiger partial charge on any atom is -0.356 e. The van der Waals surface area contributed by atoms with Crippen molar-refractivity contribution in [1.82, 2.24) is 0 Å². The Hall–Kier alpha value is -1.59. The number of aldehydes is 1. The maximum absolute atomic E-state index is 12.3. The Labute approximate surface area is 99.3 Å². The van der Waals surface area contributed by atoms with Crippen LogP contribution in [0.2, 0.25) is 0 Å². The minimum atomic E-state index is -0.634. The molecule has 0 heterocycles. The molecule has 0 N–H and O–H groups in total. The highest BCUT2D eigenvalue weighted by molar-refractivity contribution is 6.33. The summed E-state index contributed by atoms with van der Waals surface area (Å²) in [6.45, 7) is 1.83. The fourth-order valence-corrected chi connectivity index (χ4v) is 0.778. The number of carbonyl (C=O) groups is 2. The zero-order chi connectivity index (χ0) is 13.3. The van der Waals surface area contributed by atoms with E-state index in [-0.39, 0.29) is 18.1 Å². The van der Waals surface area contributed by atoms with Crippen LogP contribution in [0.25, 0.3) is 0 Å². The summed E-state index contributed by atoms with van der Waals surface area (Å²) in [7, 11) is 3.21. The first-order valence-corrected chi connectivity index (χ1v) is 4.85. The van der Waals surface area contributed by atoms with E-state index in [0.717, 1.165) is 12.1 Å². The van der Waals surface area contributed by atoms with E-state index in [1.807, 2.05) is 6.92 Å². The van der Waals surface area contributed by atoms with Crippen molar-refractivity contribution in [3.05, 3.63) is 35.6 Å². The van der Waals surface area contributed by atoms with Crippen LogP contribution in [0.15, 0.2) is 24.3 Å². The number of ketones is 1. The largest absolute Gasteiger partial charge is 0.356 e. The summed E-state index contributed by atoms with van der Waals surface area (Å²) in [4.78, 5) is 20.6. The standard InChI is InChI=1S/C8H5FO2.C4H10O2/c9-7-3-1-6(2-4-7)8(11)5-10;1-4(5-2)6-3/h1-5H;4H,1-3H3. The number of carbonyl (C=O) groups excluding carboxylic acids is 2. The van der Waals surface area contributed by atoms with Gasteiger partial charge in [0, 0.05) is 19.8 Å².